The Bertz CT molecular complexity index is 504. The topological polar surface area (TPSA) is 12.0 Å². The summed E-state index contributed by atoms with van der Waals surface area (Å²) < 4.78 is 0. The Morgan fingerprint density at radius 2 is 1.95 bits per heavy atom. The van der Waals surface area contributed by atoms with Crippen LogP contribution in [0.5, 0.6) is 0 Å². The Labute approximate surface area is 123 Å². The van der Waals surface area contributed by atoms with Crippen molar-refractivity contribution in [3.63, 3.8) is 0 Å². The van der Waals surface area contributed by atoms with Gasteiger partial charge in [0.2, 0.25) is 0 Å². The van der Waals surface area contributed by atoms with E-state index in [0.29, 0.717) is 11.5 Å². The van der Waals surface area contributed by atoms with E-state index in [1.165, 1.54) is 38.5 Å². The Morgan fingerprint density at radius 1 is 1.10 bits per heavy atom. The molecule has 1 aromatic rings. The third-order valence-electron chi connectivity index (χ3n) is 6.31. The molecule has 2 fully saturated rings. The third kappa shape index (κ3) is 2.02. The normalized spacial score (nSPS) is 37.9. The maximum absolute atomic E-state index is 4.10. The van der Waals surface area contributed by atoms with E-state index >= 15 is 0 Å². The first-order valence-corrected chi connectivity index (χ1v) is 8.47. The van der Waals surface area contributed by atoms with Crippen molar-refractivity contribution < 1.29 is 0 Å². The zero-order valence-electron chi connectivity index (χ0n) is 12.9. The molecule has 0 saturated heterocycles. The molecule has 1 N–H and O–H groups in total. The van der Waals surface area contributed by atoms with Crippen LogP contribution in [0.15, 0.2) is 24.3 Å². The second-order valence-electron chi connectivity index (χ2n) is 8.07. The lowest BCUT2D eigenvalue weighted by Crippen LogP contribution is -2.45. The number of rotatable bonds is 2. The molecule has 1 aromatic carbocycles. The van der Waals surface area contributed by atoms with Crippen LogP contribution in [0.3, 0.4) is 0 Å². The Morgan fingerprint density at radius 3 is 2.70 bits per heavy atom. The largest absolute Gasteiger partial charge is 0.306 e. The number of nitrogens with one attached hydrogen (secondary N) is 1. The monoisotopic (exact) mass is 269 g/mol. The summed E-state index contributed by atoms with van der Waals surface area (Å²) in [7, 11) is 0. The fraction of sp³-hybridized carbons (Fsp3) is 0.684. The van der Waals surface area contributed by atoms with Gasteiger partial charge in [0.05, 0.1) is 0 Å². The summed E-state index contributed by atoms with van der Waals surface area (Å²) in [6, 6.07) is 10.4. The van der Waals surface area contributed by atoms with Crippen LogP contribution in [-0.4, -0.2) is 6.04 Å². The van der Waals surface area contributed by atoms with Gasteiger partial charge in [-0.15, -0.1) is 0 Å². The molecule has 0 spiro atoms. The molecule has 4 atom stereocenters. The predicted molar refractivity (Wildman–Crippen MR) is 83.7 cm³/mol. The highest BCUT2D eigenvalue weighted by Crippen LogP contribution is 2.48. The van der Waals surface area contributed by atoms with Crippen molar-refractivity contribution in [2.45, 2.75) is 64.5 Å². The quantitative estimate of drug-likeness (QED) is 0.835. The highest BCUT2D eigenvalue weighted by molar-refractivity contribution is 5.34. The highest BCUT2D eigenvalue weighted by Gasteiger charge is 2.43. The predicted octanol–water partition coefficient (Wildman–Crippen LogP) is 4.48. The van der Waals surface area contributed by atoms with Crippen LogP contribution in [0.2, 0.25) is 0 Å². The second kappa shape index (κ2) is 4.59. The molecule has 3 aliphatic rings. The minimum absolute atomic E-state index is 0.385. The molecule has 0 aliphatic heterocycles. The molecular formula is C19H27N. The molecular weight excluding hydrogens is 242 g/mol. The molecule has 3 aliphatic carbocycles. The SMILES string of the molecule is CC1(C)CCc2ccccc2C1NC1CC2CCC1C2. The fourth-order valence-corrected chi connectivity index (χ4v) is 5.04. The van der Waals surface area contributed by atoms with E-state index in [2.05, 4.69) is 43.4 Å². The van der Waals surface area contributed by atoms with E-state index in [9.17, 15) is 0 Å². The van der Waals surface area contributed by atoms with Gasteiger partial charge >= 0.3 is 0 Å². The summed E-state index contributed by atoms with van der Waals surface area (Å²) in [6.07, 6.45) is 8.44. The molecule has 4 unspecified atom stereocenters. The van der Waals surface area contributed by atoms with Gasteiger partial charge in [-0.3, -0.25) is 0 Å². The van der Waals surface area contributed by atoms with Crippen LogP contribution in [-0.2, 0) is 6.42 Å². The first kappa shape index (κ1) is 12.9. The van der Waals surface area contributed by atoms with Crippen LogP contribution in [0, 0.1) is 17.3 Å². The number of fused-ring (bicyclic) bond motifs is 3. The molecule has 0 radical (unpaired) electrons. The second-order valence-corrected chi connectivity index (χ2v) is 8.07. The lowest BCUT2D eigenvalue weighted by Gasteiger charge is -2.43. The van der Waals surface area contributed by atoms with Crippen molar-refractivity contribution in [1.82, 2.24) is 5.32 Å². The van der Waals surface area contributed by atoms with Crippen LogP contribution >= 0.6 is 0 Å². The van der Waals surface area contributed by atoms with E-state index in [4.69, 9.17) is 0 Å². The average molecular weight is 269 g/mol. The van der Waals surface area contributed by atoms with Gasteiger partial charge in [0.15, 0.2) is 0 Å². The van der Waals surface area contributed by atoms with E-state index in [1.807, 2.05) is 0 Å². The van der Waals surface area contributed by atoms with Crippen LogP contribution in [0.4, 0.5) is 0 Å². The maximum Gasteiger partial charge on any atom is 0.0377 e. The molecule has 4 rings (SSSR count). The zero-order valence-corrected chi connectivity index (χ0v) is 12.9. The van der Waals surface area contributed by atoms with Crippen molar-refractivity contribution in [2.75, 3.05) is 0 Å². The van der Waals surface area contributed by atoms with Gasteiger partial charge in [0.1, 0.15) is 0 Å². The molecule has 0 aromatic heterocycles. The van der Waals surface area contributed by atoms with Gasteiger partial charge in [-0.05, 0) is 60.5 Å². The fourth-order valence-electron chi connectivity index (χ4n) is 5.04. The number of benzene rings is 1. The number of hydrogen-bond donors (Lipinski definition) is 1. The number of aryl methyl sites for hydroxylation is 1. The van der Waals surface area contributed by atoms with Gasteiger partial charge < -0.3 is 5.32 Å². The van der Waals surface area contributed by atoms with E-state index in [-0.39, 0.29) is 0 Å². The van der Waals surface area contributed by atoms with E-state index in [0.717, 1.165) is 17.9 Å². The highest BCUT2D eigenvalue weighted by atomic mass is 15.0. The van der Waals surface area contributed by atoms with Crippen molar-refractivity contribution in [3.8, 4) is 0 Å². The lowest BCUT2D eigenvalue weighted by molar-refractivity contribution is 0.175. The van der Waals surface area contributed by atoms with Crippen molar-refractivity contribution in [3.05, 3.63) is 35.4 Å². The molecule has 1 nitrogen and oxygen atoms in total. The average Bonchev–Trinajstić information content (AvgIpc) is 3.04. The zero-order chi connectivity index (χ0) is 13.7. The van der Waals surface area contributed by atoms with Gasteiger partial charge in [0, 0.05) is 12.1 Å². The molecule has 2 saturated carbocycles. The lowest BCUT2D eigenvalue weighted by atomic mass is 9.70. The molecule has 20 heavy (non-hydrogen) atoms. The Kier molecular flexibility index (Phi) is 2.96. The molecule has 0 heterocycles. The minimum Gasteiger partial charge on any atom is -0.306 e. The third-order valence-corrected chi connectivity index (χ3v) is 6.31. The van der Waals surface area contributed by atoms with Crippen molar-refractivity contribution in [2.24, 2.45) is 17.3 Å². The van der Waals surface area contributed by atoms with Gasteiger partial charge in [-0.1, -0.05) is 44.5 Å². The van der Waals surface area contributed by atoms with Crippen LogP contribution in [0.25, 0.3) is 0 Å². The minimum atomic E-state index is 0.385. The van der Waals surface area contributed by atoms with Crippen molar-refractivity contribution >= 4 is 0 Å². The summed E-state index contributed by atoms with van der Waals surface area (Å²) in [5.41, 5.74) is 3.54. The molecule has 2 bridgehead atoms. The van der Waals surface area contributed by atoms with E-state index in [1.54, 1.807) is 11.1 Å². The van der Waals surface area contributed by atoms with Crippen LogP contribution in [0.1, 0.15) is 63.1 Å². The number of hydrogen-bond acceptors (Lipinski definition) is 1. The van der Waals surface area contributed by atoms with E-state index < -0.39 is 0 Å². The summed E-state index contributed by atoms with van der Waals surface area (Å²) in [5, 5.41) is 4.10. The molecule has 108 valence electrons. The Balaban J connectivity index is 1.61. The summed E-state index contributed by atoms with van der Waals surface area (Å²) in [5.74, 6) is 1.99. The molecule has 0 amide bonds. The standard InChI is InChI=1S/C19H27N/c1-19(2)10-9-14-5-3-4-6-16(14)18(19)20-17-12-13-7-8-15(17)11-13/h3-6,13,15,17-18,20H,7-12H2,1-2H3. The van der Waals surface area contributed by atoms with Crippen LogP contribution < -0.4 is 5.32 Å². The van der Waals surface area contributed by atoms with Crippen molar-refractivity contribution in [1.29, 1.82) is 0 Å². The van der Waals surface area contributed by atoms with Gasteiger partial charge in [-0.2, -0.15) is 0 Å². The van der Waals surface area contributed by atoms with Gasteiger partial charge in [-0.25, -0.2) is 0 Å². The summed E-state index contributed by atoms with van der Waals surface area (Å²) in [6.45, 7) is 4.90. The Hall–Kier alpha value is -0.820. The molecule has 1 heteroatoms. The first-order chi connectivity index (χ1) is 9.63. The first-order valence-electron chi connectivity index (χ1n) is 8.47. The summed E-state index contributed by atoms with van der Waals surface area (Å²) in [4.78, 5) is 0. The maximum atomic E-state index is 4.10. The van der Waals surface area contributed by atoms with Gasteiger partial charge in [0.25, 0.3) is 0 Å². The summed E-state index contributed by atoms with van der Waals surface area (Å²) >= 11 is 0. The smallest absolute Gasteiger partial charge is 0.0377 e.